The molecule has 3 rings (SSSR count). The molecule has 0 spiro atoms. The van der Waals surface area contributed by atoms with Crippen molar-refractivity contribution in [2.75, 3.05) is 0 Å². The van der Waals surface area contributed by atoms with Crippen LogP contribution < -0.4 is 0 Å². The molecular weight excluding hydrogens is 358 g/mol. The van der Waals surface area contributed by atoms with Crippen molar-refractivity contribution in [1.82, 2.24) is 4.98 Å². The van der Waals surface area contributed by atoms with Gasteiger partial charge in [0.1, 0.15) is 4.90 Å². The first-order valence-corrected chi connectivity index (χ1v) is 11.2. The summed E-state index contributed by atoms with van der Waals surface area (Å²) in [5.74, 6) is 0.404. The molecule has 1 aromatic rings. The molecule has 23 heavy (non-hydrogen) atoms. The van der Waals surface area contributed by atoms with Crippen LogP contribution in [0.25, 0.3) is 0 Å². The van der Waals surface area contributed by atoms with Crippen molar-refractivity contribution in [2.24, 2.45) is 5.92 Å². The second-order valence-corrected chi connectivity index (χ2v) is 11.2. The van der Waals surface area contributed by atoms with Gasteiger partial charge in [-0.05, 0) is 43.7 Å². The number of aromatic amines is 1. The van der Waals surface area contributed by atoms with Gasteiger partial charge in [0.05, 0.1) is 4.75 Å². The van der Waals surface area contributed by atoms with Crippen LogP contribution in [0.4, 0.5) is 0 Å². The minimum atomic E-state index is -4.14. The van der Waals surface area contributed by atoms with Gasteiger partial charge in [0.15, 0.2) is 5.03 Å². The van der Waals surface area contributed by atoms with Crippen LogP contribution in [0.2, 0.25) is 0 Å². The molecule has 2 aliphatic carbocycles. The summed E-state index contributed by atoms with van der Waals surface area (Å²) in [7, 11) is -2.70. The summed E-state index contributed by atoms with van der Waals surface area (Å²) < 4.78 is 48.2. The van der Waals surface area contributed by atoms with E-state index in [0.29, 0.717) is 12.3 Å². The van der Waals surface area contributed by atoms with Crippen LogP contribution in [0.3, 0.4) is 0 Å². The van der Waals surface area contributed by atoms with Gasteiger partial charge in [-0.25, -0.2) is 16.8 Å². The molecule has 1 aromatic heterocycles. The second-order valence-electron chi connectivity index (χ2n) is 6.30. The van der Waals surface area contributed by atoms with Gasteiger partial charge in [0.2, 0.25) is 9.84 Å². The Kier molecular flexibility index (Phi) is 4.01. The number of nitrogens with one attached hydrogen (secondary N) is 1. The molecule has 5 nitrogen and oxygen atoms in total. The third kappa shape index (κ3) is 2.79. The van der Waals surface area contributed by atoms with Gasteiger partial charge in [-0.2, -0.15) is 0 Å². The Hall–Kier alpha value is -1.05. The Morgan fingerprint density at radius 1 is 1.26 bits per heavy atom. The van der Waals surface area contributed by atoms with Crippen molar-refractivity contribution in [3.8, 4) is 0 Å². The molecular formula is C15H18ClNO4S2. The van der Waals surface area contributed by atoms with Gasteiger partial charge in [0.25, 0.3) is 9.05 Å². The monoisotopic (exact) mass is 375 g/mol. The van der Waals surface area contributed by atoms with E-state index in [4.69, 9.17) is 10.7 Å². The summed E-state index contributed by atoms with van der Waals surface area (Å²) in [6.45, 7) is 1.62. The fourth-order valence-electron chi connectivity index (χ4n) is 3.05. The van der Waals surface area contributed by atoms with E-state index in [-0.39, 0.29) is 5.03 Å². The predicted molar refractivity (Wildman–Crippen MR) is 88.6 cm³/mol. The van der Waals surface area contributed by atoms with Crippen LogP contribution in [0.15, 0.2) is 46.0 Å². The summed E-state index contributed by atoms with van der Waals surface area (Å²) in [5, 5.41) is -0.338. The number of sulfone groups is 1. The third-order valence-electron chi connectivity index (χ3n) is 4.70. The summed E-state index contributed by atoms with van der Waals surface area (Å²) in [6.07, 6.45) is 10.5. The smallest absolute Gasteiger partial charge is 0.264 e. The number of aromatic nitrogens is 1. The molecule has 0 aromatic carbocycles. The van der Waals surface area contributed by atoms with Gasteiger partial charge in [0, 0.05) is 16.9 Å². The third-order valence-corrected chi connectivity index (χ3v) is 8.58. The second kappa shape index (κ2) is 5.50. The normalized spacial score (nSPS) is 25.9. The first-order valence-electron chi connectivity index (χ1n) is 7.41. The highest BCUT2D eigenvalue weighted by Crippen LogP contribution is 2.41. The van der Waals surface area contributed by atoms with Crippen molar-refractivity contribution in [1.29, 1.82) is 0 Å². The van der Waals surface area contributed by atoms with Gasteiger partial charge in [-0.1, -0.05) is 24.6 Å². The van der Waals surface area contributed by atoms with E-state index in [1.165, 1.54) is 12.3 Å². The van der Waals surface area contributed by atoms with E-state index in [1.54, 1.807) is 13.0 Å². The number of H-pyrrole nitrogens is 1. The predicted octanol–water partition coefficient (Wildman–Crippen LogP) is 3.16. The number of rotatable bonds is 4. The standard InChI is InChI=1S/C15H18ClNO4S2/c1-15(8-3-6-12(10-15)11-4-2-5-11)22(18,19)14-13(7-9-17-14)23(16,20)21/h3,6-7,9-11,17H,2,4-5,8H2,1H3. The Morgan fingerprint density at radius 3 is 2.52 bits per heavy atom. The maximum atomic E-state index is 13.1. The molecule has 0 aliphatic heterocycles. The molecule has 1 fully saturated rings. The lowest BCUT2D eigenvalue weighted by Crippen LogP contribution is -2.36. The van der Waals surface area contributed by atoms with Crippen molar-refractivity contribution in [2.45, 2.75) is 47.3 Å². The SMILES string of the molecule is CC1(S(=O)(=O)c2[nH]ccc2S(=O)(=O)Cl)C=C(C2CCC2)C=CC1. The van der Waals surface area contributed by atoms with Gasteiger partial charge in [-0.3, -0.25) is 0 Å². The molecule has 1 heterocycles. The topological polar surface area (TPSA) is 84.1 Å². The molecule has 1 N–H and O–H groups in total. The summed E-state index contributed by atoms with van der Waals surface area (Å²) in [5.41, 5.74) is 1.02. The van der Waals surface area contributed by atoms with Crippen molar-refractivity contribution in [3.63, 3.8) is 0 Å². The fraction of sp³-hybridized carbons (Fsp3) is 0.467. The van der Waals surface area contributed by atoms with Gasteiger partial charge in [-0.15, -0.1) is 0 Å². The summed E-state index contributed by atoms with van der Waals surface area (Å²) in [4.78, 5) is 2.15. The molecule has 0 bridgehead atoms. The quantitative estimate of drug-likeness (QED) is 0.819. The molecule has 1 atom stereocenters. The van der Waals surface area contributed by atoms with E-state index in [2.05, 4.69) is 4.98 Å². The zero-order valence-electron chi connectivity index (χ0n) is 12.6. The van der Waals surface area contributed by atoms with E-state index in [9.17, 15) is 16.8 Å². The van der Waals surface area contributed by atoms with Crippen LogP contribution in [0.1, 0.15) is 32.6 Å². The van der Waals surface area contributed by atoms with Crippen LogP contribution in [0.5, 0.6) is 0 Å². The van der Waals surface area contributed by atoms with Crippen LogP contribution >= 0.6 is 10.7 Å². The lowest BCUT2D eigenvalue weighted by molar-refractivity contribution is 0.371. The minimum absolute atomic E-state index is 0.298. The molecule has 1 unspecified atom stereocenters. The van der Waals surface area contributed by atoms with Crippen molar-refractivity contribution < 1.29 is 16.8 Å². The fourth-order valence-corrected chi connectivity index (χ4v) is 6.37. The zero-order valence-corrected chi connectivity index (χ0v) is 15.0. The lowest BCUT2D eigenvalue weighted by atomic mass is 9.77. The molecule has 8 heteroatoms. The average Bonchev–Trinajstić information content (AvgIpc) is 2.86. The Balaban J connectivity index is 2.08. The molecule has 0 saturated heterocycles. The lowest BCUT2D eigenvalue weighted by Gasteiger charge is -2.33. The Labute approximate surface area is 140 Å². The number of hydrogen-bond acceptors (Lipinski definition) is 4. The molecule has 126 valence electrons. The highest BCUT2D eigenvalue weighted by molar-refractivity contribution is 8.14. The van der Waals surface area contributed by atoms with Gasteiger partial charge >= 0.3 is 0 Å². The molecule has 1 saturated carbocycles. The molecule has 2 aliphatic rings. The van der Waals surface area contributed by atoms with E-state index in [1.807, 2.05) is 12.2 Å². The molecule has 0 radical (unpaired) electrons. The van der Waals surface area contributed by atoms with Crippen LogP contribution in [0, 0.1) is 5.92 Å². The highest BCUT2D eigenvalue weighted by Gasteiger charge is 2.43. The molecule has 0 amide bonds. The largest absolute Gasteiger partial charge is 0.351 e. The van der Waals surface area contributed by atoms with E-state index in [0.717, 1.165) is 24.8 Å². The minimum Gasteiger partial charge on any atom is -0.351 e. The maximum Gasteiger partial charge on any atom is 0.264 e. The Morgan fingerprint density at radius 2 is 1.96 bits per heavy atom. The van der Waals surface area contributed by atoms with E-state index < -0.39 is 28.5 Å². The summed E-state index contributed by atoms with van der Waals surface area (Å²) in [6, 6.07) is 1.17. The first kappa shape index (κ1) is 16.8. The highest BCUT2D eigenvalue weighted by atomic mass is 35.7. The number of halogens is 1. The van der Waals surface area contributed by atoms with Crippen LogP contribution in [-0.2, 0) is 18.9 Å². The Bertz CT molecular complexity index is 892. The number of allylic oxidation sites excluding steroid dienone is 3. The maximum absolute atomic E-state index is 13.1. The van der Waals surface area contributed by atoms with Crippen molar-refractivity contribution in [3.05, 3.63) is 36.1 Å². The average molecular weight is 376 g/mol. The van der Waals surface area contributed by atoms with Crippen molar-refractivity contribution >= 4 is 29.6 Å². The van der Waals surface area contributed by atoms with Crippen LogP contribution in [-0.4, -0.2) is 26.6 Å². The number of hydrogen-bond donors (Lipinski definition) is 1. The summed E-state index contributed by atoms with van der Waals surface area (Å²) >= 11 is 0. The van der Waals surface area contributed by atoms with Gasteiger partial charge < -0.3 is 4.98 Å². The van der Waals surface area contributed by atoms with E-state index >= 15 is 0 Å². The zero-order chi connectivity index (χ0) is 16.9. The first-order chi connectivity index (χ1) is 10.7.